The Kier molecular flexibility index (Phi) is 10.7. The van der Waals surface area contributed by atoms with Crippen molar-refractivity contribution in [2.24, 2.45) is 0 Å². The molecule has 0 saturated carbocycles. The van der Waals surface area contributed by atoms with Crippen LogP contribution in [0.5, 0.6) is 0 Å². The summed E-state index contributed by atoms with van der Waals surface area (Å²) in [5.74, 6) is -2.16. The van der Waals surface area contributed by atoms with E-state index in [-0.39, 0.29) is 35.5 Å². The highest BCUT2D eigenvalue weighted by molar-refractivity contribution is 7.89. The first-order chi connectivity index (χ1) is 18.5. The molecule has 210 valence electrons. The highest BCUT2D eigenvalue weighted by Crippen LogP contribution is 2.17. The predicted molar refractivity (Wildman–Crippen MR) is 147 cm³/mol. The van der Waals surface area contributed by atoms with Gasteiger partial charge in [0.2, 0.25) is 10.0 Å². The van der Waals surface area contributed by atoms with Crippen LogP contribution in [0.25, 0.3) is 0 Å². The molecule has 3 N–H and O–H groups in total. The van der Waals surface area contributed by atoms with E-state index in [2.05, 4.69) is 23.6 Å². The molecule has 0 radical (unpaired) electrons. The van der Waals surface area contributed by atoms with E-state index in [1.807, 2.05) is 18.2 Å². The van der Waals surface area contributed by atoms with Gasteiger partial charge in [0.15, 0.2) is 0 Å². The van der Waals surface area contributed by atoms with Gasteiger partial charge in [0.25, 0.3) is 5.91 Å². The van der Waals surface area contributed by atoms with Gasteiger partial charge in [0.05, 0.1) is 17.0 Å². The monoisotopic (exact) mass is 559 g/mol. The zero-order valence-corrected chi connectivity index (χ0v) is 23.1. The lowest BCUT2D eigenvalue weighted by atomic mass is 10.00. The molecule has 3 aromatic rings. The molecular formula is C29H35F2N3O4S. The summed E-state index contributed by atoms with van der Waals surface area (Å²) in [5.41, 5.74) is 2.55. The molecule has 1 amide bonds. The van der Waals surface area contributed by atoms with E-state index < -0.39 is 39.7 Å². The molecule has 3 rings (SSSR count). The number of hydrogen-bond acceptors (Lipinski definition) is 5. The van der Waals surface area contributed by atoms with E-state index in [0.29, 0.717) is 6.54 Å². The minimum atomic E-state index is -3.78. The van der Waals surface area contributed by atoms with Crippen LogP contribution in [-0.4, -0.2) is 56.0 Å². The Balaban J connectivity index is 1.79. The average molecular weight is 560 g/mol. The zero-order valence-electron chi connectivity index (χ0n) is 22.3. The van der Waals surface area contributed by atoms with Gasteiger partial charge in [0.1, 0.15) is 11.6 Å². The lowest BCUT2D eigenvalue weighted by Crippen LogP contribution is -2.48. The summed E-state index contributed by atoms with van der Waals surface area (Å²) in [7, 11) is -2.34. The van der Waals surface area contributed by atoms with Crippen molar-refractivity contribution in [2.75, 3.05) is 20.1 Å². The largest absolute Gasteiger partial charge is 0.390 e. The standard InChI is InChI=1S/C29H35F2N3O4S/c1-4-20-8-6-9-21(12-20)18-32-19-28(35)27(15-22-13-24(30)17-25(31)14-22)33-29(36)23-10-7-11-26(16-23)39(37,38)34(3)5-2/h6-14,16-17,27-28,32,35H,4-5,15,18-19H2,1-3H3,(H,33,36)/t27-,28+/m0/s1. The van der Waals surface area contributed by atoms with Crippen molar-refractivity contribution in [1.82, 2.24) is 14.9 Å². The normalized spacial score (nSPS) is 13.3. The second-order valence-electron chi connectivity index (χ2n) is 9.38. The van der Waals surface area contributed by atoms with Gasteiger partial charge in [-0.2, -0.15) is 0 Å². The molecule has 39 heavy (non-hydrogen) atoms. The Morgan fingerprint density at radius 1 is 0.949 bits per heavy atom. The number of halogens is 2. The van der Waals surface area contributed by atoms with Gasteiger partial charge in [-0.1, -0.05) is 44.2 Å². The molecular weight excluding hydrogens is 524 g/mol. The lowest BCUT2D eigenvalue weighted by Gasteiger charge is -2.25. The van der Waals surface area contributed by atoms with Crippen LogP contribution >= 0.6 is 0 Å². The Labute approximate surface area is 228 Å². The molecule has 0 aliphatic rings. The Bertz CT molecular complexity index is 1360. The van der Waals surface area contributed by atoms with Crippen LogP contribution in [0.2, 0.25) is 0 Å². The number of nitrogens with zero attached hydrogens (tertiary/aromatic N) is 1. The summed E-state index contributed by atoms with van der Waals surface area (Å²) in [5, 5.41) is 16.9. The maximum atomic E-state index is 13.8. The van der Waals surface area contributed by atoms with E-state index >= 15 is 0 Å². The van der Waals surface area contributed by atoms with Crippen molar-refractivity contribution in [3.05, 3.63) is 101 Å². The Morgan fingerprint density at radius 2 is 1.62 bits per heavy atom. The number of aliphatic hydroxyl groups is 1. The van der Waals surface area contributed by atoms with Crippen LogP contribution in [0.4, 0.5) is 8.78 Å². The second-order valence-corrected chi connectivity index (χ2v) is 11.4. The number of sulfonamides is 1. The quantitative estimate of drug-likeness (QED) is 0.297. The summed E-state index contributed by atoms with van der Waals surface area (Å²) >= 11 is 0. The van der Waals surface area contributed by atoms with Crippen molar-refractivity contribution < 1.29 is 27.1 Å². The fraction of sp³-hybridized carbons (Fsp3) is 0.345. The topological polar surface area (TPSA) is 98.7 Å². The van der Waals surface area contributed by atoms with E-state index in [1.165, 1.54) is 36.9 Å². The number of hydrogen-bond donors (Lipinski definition) is 3. The van der Waals surface area contributed by atoms with Crippen molar-refractivity contribution in [1.29, 1.82) is 0 Å². The third-order valence-corrected chi connectivity index (χ3v) is 8.42. The molecule has 10 heteroatoms. The molecule has 7 nitrogen and oxygen atoms in total. The number of amides is 1. The third-order valence-electron chi connectivity index (χ3n) is 6.49. The summed E-state index contributed by atoms with van der Waals surface area (Å²) in [6, 6.07) is 15.7. The first-order valence-corrected chi connectivity index (χ1v) is 14.3. The molecule has 0 bridgehead atoms. The average Bonchev–Trinajstić information content (AvgIpc) is 2.91. The predicted octanol–water partition coefficient (Wildman–Crippen LogP) is 3.66. The Morgan fingerprint density at radius 3 is 2.28 bits per heavy atom. The van der Waals surface area contributed by atoms with Crippen molar-refractivity contribution >= 4 is 15.9 Å². The highest BCUT2D eigenvalue weighted by atomic mass is 32.2. The molecule has 0 heterocycles. The number of carbonyl (C=O) groups is 1. The van der Waals surface area contributed by atoms with Crippen LogP contribution < -0.4 is 10.6 Å². The summed E-state index contributed by atoms with van der Waals surface area (Å²) in [6.07, 6.45) is -0.273. The minimum Gasteiger partial charge on any atom is -0.390 e. The van der Waals surface area contributed by atoms with Crippen LogP contribution in [-0.2, 0) is 29.4 Å². The van der Waals surface area contributed by atoms with Crippen LogP contribution in [0.3, 0.4) is 0 Å². The first-order valence-electron chi connectivity index (χ1n) is 12.8. The number of aliphatic hydroxyl groups excluding tert-OH is 1. The van der Waals surface area contributed by atoms with Gasteiger partial charge in [-0.15, -0.1) is 0 Å². The molecule has 2 atom stereocenters. The maximum Gasteiger partial charge on any atom is 0.251 e. The van der Waals surface area contributed by atoms with Crippen molar-refractivity contribution in [2.45, 2.75) is 50.3 Å². The van der Waals surface area contributed by atoms with E-state index in [1.54, 1.807) is 6.92 Å². The van der Waals surface area contributed by atoms with E-state index in [0.717, 1.165) is 34.5 Å². The Hall–Kier alpha value is -3.18. The second kappa shape index (κ2) is 13.7. The minimum absolute atomic E-state index is 0.0419. The van der Waals surface area contributed by atoms with Gasteiger partial charge >= 0.3 is 0 Å². The summed E-state index contributed by atoms with van der Waals surface area (Å²) < 4.78 is 54.3. The summed E-state index contributed by atoms with van der Waals surface area (Å²) in [6.45, 7) is 4.59. The molecule has 0 aliphatic carbocycles. The number of nitrogens with one attached hydrogen (secondary N) is 2. The number of carbonyl (C=O) groups excluding carboxylic acids is 1. The molecule has 0 unspecified atom stereocenters. The van der Waals surface area contributed by atoms with Crippen molar-refractivity contribution in [3.63, 3.8) is 0 Å². The van der Waals surface area contributed by atoms with Gasteiger partial charge in [-0.05, 0) is 59.9 Å². The van der Waals surface area contributed by atoms with Crippen LogP contribution in [0.1, 0.15) is 40.9 Å². The van der Waals surface area contributed by atoms with E-state index in [4.69, 9.17) is 0 Å². The molecule has 0 aromatic heterocycles. The number of rotatable bonds is 13. The third kappa shape index (κ3) is 8.40. The van der Waals surface area contributed by atoms with Crippen molar-refractivity contribution in [3.8, 4) is 0 Å². The number of benzene rings is 3. The molecule has 0 saturated heterocycles. The highest BCUT2D eigenvalue weighted by Gasteiger charge is 2.25. The van der Waals surface area contributed by atoms with E-state index in [9.17, 15) is 27.1 Å². The molecule has 0 fully saturated rings. The fourth-order valence-corrected chi connectivity index (χ4v) is 5.36. The first kappa shape index (κ1) is 30.4. The van der Waals surface area contributed by atoms with Gasteiger partial charge in [-0.25, -0.2) is 21.5 Å². The smallest absolute Gasteiger partial charge is 0.251 e. The SMILES string of the molecule is CCc1cccc(CNC[C@@H](O)[C@H](Cc2cc(F)cc(F)c2)NC(=O)c2cccc(S(=O)(=O)N(C)CC)c2)c1. The van der Waals surface area contributed by atoms with Gasteiger partial charge in [0, 0.05) is 38.3 Å². The molecule has 0 spiro atoms. The van der Waals surface area contributed by atoms with Gasteiger partial charge in [-0.3, -0.25) is 4.79 Å². The number of aryl methyl sites for hydroxylation is 1. The van der Waals surface area contributed by atoms with Gasteiger partial charge < -0.3 is 15.7 Å². The van der Waals surface area contributed by atoms with Crippen LogP contribution in [0, 0.1) is 11.6 Å². The van der Waals surface area contributed by atoms with Crippen LogP contribution in [0.15, 0.2) is 71.6 Å². The summed E-state index contributed by atoms with van der Waals surface area (Å²) in [4.78, 5) is 13.1. The fourth-order valence-electron chi connectivity index (χ4n) is 4.13. The zero-order chi connectivity index (χ0) is 28.6. The maximum absolute atomic E-state index is 13.8. The molecule has 0 aliphatic heterocycles. The lowest BCUT2D eigenvalue weighted by molar-refractivity contribution is 0.0829. The molecule has 3 aromatic carbocycles.